The first-order valence-corrected chi connectivity index (χ1v) is 12.1. The van der Waals surface area contributed by atoms with Crippen molar-refractivity contribution in [1.29, 1.82) is 5.26 Å². The second-order valence-corrected chi connectivity index (χ2v) is 8.89. The van der Waals surface area contributed by atoms with Gasteiger partial charge >= 0.3 is 0 Å². The molecule has 1 aromatic rings. The standard InChI is InChI=1S/C29H39N7/c1-9-10-26(24-11-13-25(14-12-24)29-32-19-22(4)34-29)35-23(5)27(33-21(3)15-16-31-6)17-28(36(7)8)20(2)18-30/h11-15,17,26,31,35H,2,4-5,9-10,16,19H2,1,3,6-8H3,(H,32,34)/b21-15+,28-17-,33-27+/t26-/m0/s1. The molecule has 7 nitrogen and oxygen atoms in total. The van der Waals surface area contributed by atoms with Crippen LogP contribution < -0.4 is 16.0 Å². The molecule has 0 amide bonds. The molecular weight excluding hydrogens is 446 g/mol. The number of hydrogen-bond acceptors (Lipinski definition) is 7. The number of benzene rings is 1. The molecule has 0 aromatic heterocycles. The van der Waals surface area contributed by atoms with Gasteiger partial charge in [0.2, 0.25) is 0 Å². The summed E-state index contributed by atoms with van der Waals surface area (Å²) in [5.74, 6) is 0.855. The molecule has 2 rings (SSSR count). The predicted octanol–water partition coefficient (Wildman–Crippen LogP) is 4.58. The van der Waals surface area contributed by atoms with E-state index >= 15 is 0 Å². The van der Waals surface area contributed by atoms with E-state index in [1.54, 1.807) is 0 Å². The van der Waals surface area contributed by atoms with Crippen LogP contribution in [0, 0.1) is 11.3 Å². The molecule has 1 aliphatic heterocycles. The van der Waals surface area contributed by atoms with Crippen LogP contribution in [0.25, 0.3) is 0 Å². The lowest BCUT2D eigenvalue weighted by Gasteiger charge is -2.23. The summed E-state index contributed by atoms with van der Waals surface area (Å²) in [7, 11) is 5.65. The summed E-state index contributed by atoms with van der Waals surface area (Å²) in [5, 5.41) is 19.4. The number of aliphatic imine (C=N–C) groups is 2. The first kappa shape index (κ1) is 28.3. The molecule has 1 heterocycles. The third-order valence-corrected chi connectivity index (χ3v) is 5.64. The second-order valence-electron chi connectivity index (χ2n) is 8.89. The van der Waals surface area contributed by atoms with Gasteiger partial charge in [-0.05, 0) is 38.1 Å². The van der Waals surface area contributed by atoms with E-state index in [4.69, 9.17) is 4.99 Å². The zero-order valence-electron chi connectivity index (χ0n) is 22.3. The lowest BCUT2D eigenvalue weighted by Crippen LogP contribution is -2.26. The van der Waals surface area contributed by atoms with Gasteiger partial charge in [0, 0.05) is 37.6 Å². The first-order chi connectivity index (χ1) is 17.2. The molecule has 190 valence electrons. The Kier molecular flexibility index (Phi) is 10.9. The molecule has 7 heteroatoms. The number of likely N-dealkylation sites (N-methyl/N-ethyl adjacent to an activating group) is 2. The molecule has 0 radical (unpaired) electrons. The highest BCUT2D eigenvalue weighted by Crippen LogP contribution is 2.22. The van der Waals surface area contributed by atoms with E-state index in [-0.39, 0.29) is 6.04 Å². The number of allylic oxidation sites excluding steroid dienone is 3. The minimum atomic E-state index is 0.0483. The third-order valence-electron chi connectivity index (χ3n) is 5.64. The maximum atomic E-state index is 9.45. The van der Waals surface area contributed by atoms with Crippen molar-refractivity contribution < 1.29 is 0 Å². The van der Waals surface area contributed by atoms with Gasteiger partial charge in [0.1, 0.15) is 11.9 Å². The monoisotopic (exact) mass is 485 g/mol. The van der Waals surface area contributed by atoms with Gasteiger partial charge in [-0.15, -0.1) is 0 Å². The Bertz CT molecular complexity index is 1130. The summed E-state index contributed by atoms with van der Waals surface area (Å²) < 4.78 is 0. The smallest absolute Gasteiger partial charge is 0.132 e. The van der Waals surface area contributed by atoms with Crippen molar-refractivity contribution in [2.75, 3.05) is 34.2 Å². The lowest BCUT2D eigenvalue weighted by atomic mass is 9.99. The van der Waals surface area contributed by atoms with Crippen LogP contribution in [0.1, 0.15) is 43.9 Å². The van der Waals surface area contributed by atoms with Crippen molar-refractivity contribution in [2.24, 2.45) is 9.98 Å². The van der Waals surface area contributed by atoms with Gasteiger partial charge in [0.15, 0.2) is 0 Å². The van der Waals surface area contributed by atoms with Gasteiger partial charge in [-0.3, -0.25) is 9.98 Å². The van der Waals surface area contributed by atoms with Crippen molar-refractivity contribution in [3.05, 3.63) is 95.6 Å². The Morgan fingerprint density at radius 2 is 2.00 bits per heavy atom. The summed E-state index contributed by atoms with van der Waals surface area (Å²) >= 11 is 0. The topological polar surface area (TPSA) is 87.8 Å². The van der Waals surface area contributed by atoms with Crippen LogP contribution in [0.15, 0.2) is 94.5 Å². The average molecular weight is 486 g/mol. The molecular formula is C29H39N7. The summed E-state index contributed by atoms with van der Waals surface area (Å²) in [4.78, 5) is 11.2. The minimum Gasteiger partial charge on any atom is -0.377 e. The van der Waals surface area contributed by atoms with Gasteiger partial charge in [-0.1, -0.05) is 57.3 Å². The van der Waals surface area contributed by atoms with Gasteiger partial charge in [0.25, 0.3) is 0 Å². The predicted molar refractivity (Wildman–Crippen MR) is 152 cm³/mol. The molecule has 0 saturated carbocycles. The number of amidine groups is 1. The Balaban J connectivity index is 2.38. The van der Waals surface area contributed by atoms with Crippen molar-refractivity contribution >= 4 is 11.5 Å². The number of hydrogen-bond donors (Lipinski definition) is 3. The molecule has 0 aliphatic carbocycles. The maximum absolute atomic E-state index is 9.45. The van der Waals surface area contributed by atoms with E-state index < -0.39 is 0 Å². The fraction of sp³-hybridized carbons (Fsp3) is 0.345. The van der Waals surface area contributed by atoms with Gasteiger partial charge in [-0.2, -0.15) is 5.26 Å². The van der Waals surface area contributed by atoms with Crippen LogP contribution in [-0.2, 0) is 0 Å². The number of nitriles is 1. The molecule has 0 spiro atoms. The third kappa shape index (κ3) is 8.10. The van der Waals surface area contributed by atoms with Crippen LogP contribution in [0.2, 0.25) is 0 Å². The fourth-order valence-corrected chi connectivity index (χ4v) is 3.70. The molecule has 36 heavy (non-hydrogen) atoms. The normalized spacial score (nSPS) is 15.1. The molecule has 3 N–H and O–H groups in total. The van der Waals surface area contributed by atoms with Crippen LogP contribution in [0.4, 0.5) is 0 Å². The highest BCUT2D eigenvalue weighted by Gasteiger charge is 2.17. The zero-order valence-corrected chi connectivity index (χ0v) is 22.3. The number of nitrogens with zero attached hydrogens (tertiary/aromatic N) is 4. The molecule has 0 unspecified atom stereocenters. The van der Waals surface area contributed by atoms with Crippen molar-refractivity contribution in [2.45, 2.75) is 32.7 Å². The number of rotatable bonds is 13. The molecule has 0 saturated heterocycles. The average Bonchev–Trinajstić information content (AvgIpc) is 3.30. The van der Waals surface area contributed by atoms with Crippen LogP contribution in [0.5, 0.6) is 0 Å². The largest absolute Gasteiger partial charge is 0.377 e. The minimum absolute atomic E-state index is 0.0483. The summed E-state index contributed by atoms with van der Waals surface area (Å²) in [6, 6.07) is 10.6. The summed E-state index contributed by atoms with van der Waals surface area (Å²) in [5.41, 5.74) is 6.33. The lowest BCUT2D eigenvalue weighted by molar-refractivity contribution is 0.526. The molecule has 0 fully saturated rings. The van der Waals surface area contributed by atoms with E-state index in [0.717, 1.165) is 41.2 Å². The van der Waals surface area contributed by atoms with Crippen LogP contribution in [0.3, 0.4) is 0 Å². The Morgan fingerprint density at radius 3 is 2.53 bits per heavy atom. The van der Waals surface area contributed by atoms with Gasteiger partial charge in [-0.25, -0.2) is 0 Å². The van der Waals surface area contributed by atoms with E-state index in [9.17, 15) is 5.26 Å². The first-order valence-electron chi connectivity index (χ1n) is 12.1. The number of nitrogens with one attached hydrogen (secondary N) is 3. The van der Waals surface area contributed by atoms with E-state index in [1.807, 2.05) is 45.1 Å². The highest BCUT2D eigenvalue weighted by molar-refractivity contribution is 6.09. The van der Waals surface area contributed by atoms with E-state index in [1.165, 1.54) is 0 Å². The van der Waals surface area contributed by atoms with Crippen LogP contribution >= 0.6 is 0 Å². The van der Waals surface area contributed by atoms with Crippen molar-refractivity contribution in [3.8, 4) is 6.07 Å². The molecule has 0 bridgehead atoms. The SMILES string of the molecule is C=C1CN=C(c2ccc([C@H](CCC)NC(=C)C(/C=C(/C(=C)C#N)N(C)C)=N/C(C)=C/CNC)cc2)N1. The van der Waals surface area contributed by atoms with Crippen molar-refractivity contribution in [3.63, 3.8) is 0 Å². The zero-order chi connectivity index (χ0) is 26.7. The fourth-order valence-electron chi connectivity index (χ4n) is 3.70. The quantitative estimate of drug-likeness (QED) is 0.216. The highest BCUT2D eigenvalue weighted by atomic mass is 15.1. The van der Waals surface area contributed by atoms with Crippen molar-refractivity contribution in [1.82, 2.24) is 20.9 Å². The van der Waals surface area contributed by atoms with E-state index in [0.29, 0.717) is 35.8 Å². The second kappa shape index (κ2) is 13.9. The Labute approximate surface area is 216 Å². The summed E-state index contributed by atoms with van der Waals surface area (Å²) in [6.45, 7) is 17.6. The molecule has 1 atom stereocenters. The Hall–Kier alpha value is -3.89. The van der Waals surface area contributed by atoms with E-state index in [2.05, 4.69) is 77.9 Å². The molecule has 1 aliphatic rings. The maximum Gasteiger partial charge on any atom is 0.132 e. The van der Waals surface area contributed by atoms with Gasteiger partial charge < -0.3 is 20.9 Å². The van der Waals surface area contributed by atoms with Crippen LogP contribution in [-0.4, -0.2) is 50.7 Å². The molecule has 1 aromatic carbocycles. The van der Waals surface area contributed by atoms with Gasteiger partial charge in [0.05, 0.1) is 35.3 Å². The summed E-state index contributed by atoms with van der Waals surface area (Å²) in [6.07, 6.45) is 5.79. The Morgan fingerprint density at radius 1 is 1.31 bits per heavy atom.